The van der Waals surface area contributed by atoms with Gasteiger partial charge in [-0.3, -0.25) is 4.79 Å². The summed E-state index contributed by atoms with van der Waals surface area (Å²) in [6.07, 6.45) is 1.14. The zero-order valence-corrected chi connectivity index (χ0v) is 7.79. The summed E-state index contributed by atoms with van der Waals surface area (Å²) >= 11 is 0. The smallest absolute Gasteiger partial charge is 0.329 e. The molecule has 1 unspecified atom stereocenters. The maximum Gasteiger partial charge on any atom is 0.329 e. The molecule has 13 heavy (non-hydrogen) atoms. The zero-order chi connectivity index (χ0) is 10.1. The molecule has 0 radical (unpaired) electrons. The molecule has 0 saturated carbocycles. The van der Waals surface area contributed by atoms with Crippen molar-refractivity contribution in [3.8, 4) is 0 Å². The van der Waals surface area contributed by atoms with Gasteiger partial charge in [0, 0.05) is 5.41 Å². The van der Waals surface area contributed by atoms with Crippen molar-refractivity contribution in [1.29, 1.82) is 0 Å². The lowest BCUT2D eigenvalue weighted by Crippen LogP contribution is -2.45. The van der Waals surface area contributed by atoms with E-state index >= 15 is 0 Å². The zero-order valence-electron chi connectivity index (χ0n) is 7.79. The van der Waals surface area contributed by atoms with Crippen LogP contribution in [0.5, 0.6) is 0 Å². The quantitative estimate of drug-likeness (QED) is 0.493. The molecule has 0 spiro atoms. The van der Waals surface area contributed by atoms with Gasteiger partial charge in [0.05, 0.1) is 6.61 Å². The Bertz CT molecular complexity index is 258. The van der Waals surface area contributed by atoms with Gasteiger partial charge < -0.3 is 10.1 Å². The normalized spacial score (nSPS) is 25.1. The monoisotopic (exact) mass is 183 g/mol. The number of nitrogens with one attached hydrogen (secondary N) is 1. The van der Waals surface area contributed by atoms with Gasteiger partial charge in [-0.15, -0.1) is 0 Å². The Balaban J connectivity index is 2.71. The third-order valence-electron chi connectivity index (χ3n) is 2.08. The molecule has 4 nitrogen and oxygen atoms in total. The number of amides is 1. The van der Waals surface area contributed by atoms with E-state index in [4.69, 9.17) is 4.74 Å². The van der Waals surface area contributed by atoms with Crippen LogP contribution in [-0.2, 0) is 14.3 Å². The van der Waals surface area contributed by atoms with E-state index in [1.54, 1.807) is 0 Å². The molecule has 0 aromatic carbocycles. The van der Waals surface area contributed by atoms with Crippen LogP contribution in [0.3, 0.4) is 0 Å². The Labute approximate surface area is 76.9 Å². The van der Waals surface area contributed by atoms with Crippen molar-refractivity contribution >= 4 is 11.9 Å². The van der Waals surface area contributed by atoms with Crippen molar-refractivity contribution in [2.24, 2.45) is 5.41 Å². The molecule has 1 heterocycles. The van der Waals surface area contributed by atoms with Crippen molar-refractivity contribution < 1.29 is 14.3 Å². The first-order chi connectivity index (χ1) is 5.97. The molecule has 1 atom stereocenters. The average molecular weight is 183 g/mol. The molecule has 1 aliphatic rings. The molecule has 4 heteroatoms. The number of hydrogen-bond acceptors (Lipinski definition) is 3. The van der Waals surface area contributed by atoms with Gasteiger partial charge in [0.1, 0.15) is 6.04 Å². The minimum Gasteiger partial charge on any atom is -0.463 e. The highest BCUT2D eigenvalue weighted by atomic mass is 16.5. The summed E-state index contributed by atoms with van der Waals surface area (Å²) in [4.78, 5) is 22.1. The first-order valence-electron chi connectivity index (χ1n) is 4.07. The van der Waals surface area contributed by atoms with Crippen LogP contribution in [0.2, 0.25) is 0 Å². The maximum absolute atomic E-state index is 11.2. The molecule has 0 aliphatic carbocycles. The van der Waals surface area contributed by atoms with Gasteiger partial charge >= 0.3 is 5.97 Å². The number of carbonyl (C=O) groups excluding carboxylic acids is 2. The minimum absolute atomic E-state index is 0.338. The predicted molar refractivity (Wildman–Crippen MR) is 46.9 cm³/mol. The maximum atomic E-state index is 11.2. The van der Waals surface area contributed by atoms with Gasteiger partial charge in [-0.2, -0.15) is 0 Å². The van der Waals surface area contributed by atoms with Gasteiger partial charge in [0.2, 0.25) is 5.91 Å². The van der Waals surface area contributed by atoms with Crippen molar-refractivity contribution in [2.75, 3.05) is 6.61 Å². The summed E-state index contributed by atoms with van der Waals surface area (Å²) < 4.78 is 4.84. The standard InChI is InChI=1S/C9H13NO3/c1-4-6(11)10-7-8(12)13-5-9(7,2)3/h4,7H,1,5H2,2-3H3,(H,10,11). The second-order valence-electron chi connectivity index (χ2n) is 3.74. The van der Waals surface area contributed by atoms with E-state index in [9.17, 15) is 9.59 Å². The lowest BCUT2D eigenvalue weighted by molar-refractivity contribution is -0.141. The summed E-state index contributed by atoms with van der Waals surface area (Å²) in [6.45, 7) is 7.39. The Morgan fingerprint density at radius 3 is 2.77 bits per heavy atom. The van der Waals surface area contributed by atoms with Crippen LogP contribution in [0.25, 0.3) is 0 Å². The highest BCUT2D eigenvalue weighted by Crippen LogP contribution is 2.28. The lowest BCUT2D eigenvalue weighted by atomic mass is 9.87. The van der Waals surface area contributed by atoms with Crippen molar-refractivity contribution in [3.63, 3.8) is 0 Å². The minimum atomic E-state index is -0.557. The molecular formula is C9H13NO3. The summed E-state index contributed by atoms with van der Waals surface area (Å²) in [5.74, 6) is -0.725. The summed E-state index contributed by atoms with van der Waals surface area (Å²) in [5.41, 5.74) is -0.338. The Morgan fingerprint density at radius 1 is 1.77 bits per heavy atom. The second kappa shape index (κ2) is 3.20. The van der Waals surface area contributed by atoms with Crippen molar-refractivity contribution in [3.05, 3.63) is 12.7 Å². The molecule has 1 amide bonds. The van der Waals surface area contributed by atoms with Crippen LogP contribution in [0.1, 0.15) is 13.8 Å². The predicted octanol–water partition coefficient (Wildman–Crippen LogP) is 0.240. The van der Waals surface area contributed by atoms with Gasteiger partial charge in [0.15, 0.2) is 0 Å². The highest BCUT2D eigenvalue weighted by molar-refractivity contribution is 5.92. The van der Waals surface area contributed by atoms with E-state index in [1.807, 2.05) is 13.8 Å². The van der Waals surface area contributed by atoms with Gasteiger partial charge in [-0.1, -0.05) is 20.4 Å². The summed E-state index contributed by atoms with van der Waals surface area (Å²) in [6, 6.07) is -0.557. The van der Waals surface area contributed by atoms with Crippen molar-refractivity contribution in [1.82, 2.24) is 5.32 Å². The lowest BCUT2D eigenvalue weighted by Gasteiger charge is -2.21. The van der Waals surface area contributed by atoms with E-state index in [1.165, 1.54) is 0 Å². The van der Waals surface area contributed by atoms with Gasteiger partial charge in [-0.25, -0.2) is 4.79 Å². The number of ether oxygens (including phenoxy) is 1. The van der Waals surface area contributed by atoms with E-state index in [0.29, 0.717) is 6.61 Å². The largest absolute Gasteiger partial charge is 0.463 e. The van der Waals surface area contributed by atoms with E-state index < -0.39 is 6.04 Å². The third-order valence-corrected chi connectivity index (χ3v) is 2.08. The number of carbonyl (C=O) groups is 2. The number of esters is 1. The molecule has 1 N–H and O–H groups in total. The first kappa shape index (κ1) is 9.77. The van der Waals surface area contributed by atoms with Crippen LogP contribution in [0.15, 0.2) is 12.7 Å². The number of cyclic esters (lactones) is 1. The highest BCUT2D eigenvalue weighted by Gasteiger charge is 2.44. The molecule has 1 fully saturated rings. The SMILES string of the molecule is C=CC(=O)NC1C(=O)OCC1(C)C. The van der Waals surface area contributed by atoms with Crippen LogP contribution >= 0.6 is 0 Å². The second-order valence-corrected chi connectivity index (χ2v) is 3.74. The fourth-order valence-corrected chi connectivity index (χ4v) is 1.20. The third kappa shape index (κ3) is 1.88. The van der Waals surface area contributed by atoms with Gasteiger partial charge in [-0.05, 0) is 6.08 Å². The average Bonchev–Trinajstić information content (AvgIpc) is 2.31. The molecular weight excluding hydrogens is 170 g/mol. The van der Waals surface area contributed by atoms with Gasteiger partial charge in [0.25, 0.3) is 0 Å². The molecule has 0 aromatic heterocycles. The number of hydrogen-bond donors (Lipinski definition) is 1. The molecule has 0 bridgehead atoms. The Hall–Kier alpha value is -1.32. The Morgan fingerprint density at radius 2 is 2.38 bits per heavy atom. The van der Waals surface area contributed by atoms with Crippen LogP contribution < -0.4 is 5.32 Å². The van der Waals surface area contributed by atoms with Crippen LogP contribution in [0.4, 0.5) is 0 Å². The molecule has 72 valence electrons. The van der Waals surface area contributed by atoms with Crippen LogP contribution in [0, 0.1) is 5.41 Å². The molecule has 1 aliphatic heterocycles. The Kier molecular flexibility index (Phi) is 2.40. The first-order valence-corrected chi connectivity index (χ1v) is 4.07. The summed E-state index contributed by atoms with van der Waals surface area (Å²) in [5, 5.41) is 2.54. The molecule has 1 saturated heterocycles. The number of rotatable bonds is 2. The molecule has 0 aromatic rings. The van der Waals surface area contributed by atoms with Crippen LogP contribution in [-0.4, -0.2) is 24.5 Å². The fourth-order valence-electron chi connectivity index (χ4n) is 1.20. The van der Waals surface area contributed by atoms with Crippen molar-refractivity contribution in [2.45, 2.75) is 19.9 Å². The van der Waals surface area contributed by atoms with E-state index in [0.717, 1.165) is 6.08 Å². The van der Waals surface area contributed by atoms with E-state index in [2.05, 4.69) is 11.9 Å². The van der Waals surface area contributed by atoms with E-state index in [-0.39, 0.29) is 17.3 Å². The topological polar surface area (TPSA) is 55.4 Å². The fraction of sp³-hybridized carbons (Fsp3) is 0.556. The molecule has 1 rings (SSSR count). The summed E-state index contributed by atoms with van der Waals surface area (Å²) in [7, 11) is 0.